The van der Waals surface area contributed by atoms with Crippen LogP contribution in [0.2, 0.25) is 0 Å². The van der Waals surface area contributed by atoms with Gasteiger partial charge in [0.15, 0.2) is 0 Å². The first kappa shape index (κ1) is 26.7. The number of thiazole rings is 1. The summed E-state index contributed by atoms with van der Waals surface area (Å²) in [6, 6.07) is 33.7. The number of aromatic nitrogens is 1. The van der Waals surface area contributed by atoms with Crippen LogP contribution < -0.4 is 10.1 Å². The molecule has 42 heavy (non-hydrogen) atoms. The highest BCUT2D eigenvalue weighted by atomic mass is 32.1. The van der Waals surface area contributed by atoms with Crippen LogP contribution in [0.4, 0.5) is 8.78 Å². The van der Waals surface area contributed by atoms with E-state index in [-0.39, 0.29) is 35.6 Å². The molecule has 5 aromatic rings. The number of nitrogens with zero attached hydrogens (tertiary/aromatic N) is 3. The van der Waals surface area contributed by atoms with Crippen LogP contribution in [0.1, 0.15) is 42.5 Å². The maximum Gasteiger partial charge on any atom is 0.215 e. The monoisotopic (exact) mass is 576 g/mol. The molecule has 210 valence electrons. The van der Waals surface area contributed by atoms with Gasteiger partial charge in [0.1, 0.15) is 11.6 Å². The molecule has 2 bridgehead atoms. The number of fused-ring (bicyclic) bond motifs is 2. The van der Waals surface area contributed by atoms with E-state index >= 15 is 0 Å². The topological polar surface area (TPSA) is 41.7 Å². The van der Waals surface area contributed by atoms with Crippen molar-refractivity contribution in [1.29, 1.82) is 0 Å². The molecule has 1 aliphatic carbocycles. The molecule has 2 fully saturated rings. The van der Waals surface area contributed by atoms with Crippen molar-refractivity contribution in [3.63, 3.8) is 0 Å². The standard InChI is InChI=1S/C35H30F2N4S/c36-26-14-7-12-24(20-26)32-29-18-9-19-30(33(38-32)25-13-8-15-27(37)21-25)34(29)39-40-35-41(28-16-5-2-6-17-28)31(22-42-35)23-10-3-1-4-11-23/h1-8,10-17,20-22,29-30,32-33,38H,9,18-19H2/b39-34?,40-35-/t29?,30?,32-,33+. The second-order valence-electron chi connectivity index (χ2n) is 10.9. The minimum absolute atomic E-state index is 0.0536. The molecule has 0 spiro atoms. The van der Waals surface area contributed by atoms with Gasteiger partial charge in [-0.25, -0.2) is 8.78 Å². The number of hydrogen-bond donors (Lipinski definition) is 1. The number of benzene rings is 4. The zero-order valence-electron chi connectivity index (χ0n) is 22.9. The van der Waals surface area contributed by atoms with Crippen molar-refractivity contribution in [3.05, 3.63) is 142 Å². The Bertz CT molecular complexity index is 1730. The molecule has 1 saturated carbocycles. The lowest BCUT2D eigenvalue weighted by molar-refractivity contribution is 0.232. The average Bonchev–Trinajstić information content (AvgIpc) is 3.45. The minimum atomic E-state index is -0.270. The molecule has 0 radical (unpaired) electrons. The van der Waals surface area contributed by atoms with Crippen LogP contribution in [0.15, 0.2) is 125 Å². The smallest absolute Gasteiger partial charge is 0.215 e. The van der Waals surface area contributed by atoms with Crippen molar-refractivity contribution in [2.75, 3.05) is 0 Å². The summed E-state index contributed by atoms with van der Waals surface area (Å²) >= 11 is 1.56. The molecule has 7 rings (SSSR count). The lowest BCUT2D eigenvalue weighted by Crippen LogP contribution is -2.50. The molecule has 2 aliphatic rings. The van der Waals surface area contributed by atoms with Gasteiger partial charge >= 0.3 is 0 Å². The molecule has 4 aromatic carbocycles. The number of piperidine rings is 1. The Labute approximate surface area is 247 Å². The number of nitrogens with one attached hydrogen (secondary N) is 1. The van der Waals surface area contributed by atoms with E-state index in [4.69, 9.17) is 10.2 Å². The Morgan fingerprint density at radius 3 is 1.88 bits per heavy atom. The van der Waals surface area contributed by atoms with Crippen LogP contribution in [0, 0.1) is 23.5 Å². The average molecular weight is 577 g/mol. The second-order valence-corrected chi connectivity index (χ2v) is 11.8. The third-order valence-corrected chi connectivity index (χ3v) is 9.23. The van der Waals surface area contributed by atoms with Crippen LogP contribution in [-0.4, -0.2) is 10.3 Å². The summed E-state index contributed by atoms with van der Waals surface area (Å²) in [5.74, 6) is -0.432. The van der Waals surface area contributed by atoms with Crippen molar-refractivity contribution < 1.29 is 8.78 Å². The zero-order valence-corrected chi connectivity index (χ0v) is 23.7. The zero-order chi connectivity index (χ0) is 28.5. The third-order valence-electron chi connectivity index (χ3n) is 8.41. The van der Waals surface area contributed by atoms with Gasteiger partial charge in [0.25, 0.3) is 0 Å². The third kappa shape index (κ3) is 5.14. The fourth-order valence-corrected chi connectivity index (χ4v) is 7.41. The maximum atomic E-state index is 14.4. The Kier molecular flexibility index (Phi) is 7.36. The Hall–Kier alpha value is -4.20. The van der Waals surface area contributed by atoms with E-state index in [0.29, 0.717) is 0 Å². The maximum absolute atomic E-state index is 14.4. The molecule has 4 atom stereocenters. The molecule has 1 saturated heterocycles. The Morgan fingerprint density at radius 2 is 1.29 bits per heavy atom. The first-order valence-electron chi connectivity index (χ1n) is 14.4. The summed E-state index contributed by atoms with van der Waals surface area (Å²) in [6.45, 7) is 0. The van der Waals surface area contributed by atoms with Crippen LogP contribution in [0.5, 0.6) is 0 Å². The summed E-state index contributed by atoms with van der Waals surface area (Å²) in [6.07, 6.45) is 2.87. The van der Waals surface area contributed by atoms with Crippen molar-refractivity contribution >= 4 is 17.0 Å². The summed E-state index contributed by atoms with van der Waals surface area (Å²) < 4.78 is 31.0. The van der Waals surface area contributed by atoms with Gasteiger partial charge < -0.3 is 5.32 Å². The van der Waals surface area contributed by atoms with E-state index in [1.54, 1.807) is 35.6 Å². The molecular formula is C35H30F2N4S. The van der Waals surface area contributed by atoms with Crippen LogP contribution in [0.25, 0.3) is 16.9 Å². The first-order chi connectivity index (χ1) is 20.7. The van der Waals surface area contributed by atoms with Gasteiger partial charge in [0.2, 0.25) is 4.80 Å². The quantitative estimate of drug-likeness (QED) is 0.210. The number of hydrogen-bond acceptors (Lipinski definition) is 4. The molecule has 2 unspecified atom stereocenters. The second kappa shape index (κ2) is 11.6. The van der Waals surface area contributed by atoms with Gasteiger partial charge in [-0.05, 0) is 65.9 Å². The van der Waals surface area contributed by atoms with Gasteiger partial charge in [-0.3, -0.25) is 4.57 Å². The van der Waals surface area contributed by atoms with E-state index in [1.807, 2.05) is 48.5 Å². The van der Waals surface area contributed by atoms with Gasteiger partial charge in [0, 0.05) is 35.0 Å². The van der Waals surface area contributed by atoms with Crippen molar-refractivity contribution in [1.82, 2.24) is 9.88 Å². The number of para-hydroxylation sites is 1. The first-order valence-corrected chi connectivity index (χ1v) is 15.2. The van der Waals surface area contributed by atoms with Crippen LogP contribution >= 0.6 is 11.3 Å². The molecule has 1 aromatic heterocycles. The fourth-order valence-electron chi connectivity index (χ4n) is 6.55. The molecular weight excluding hydrogens is 546 g/mol. The number of rotatable bonds is 5. The Morgan fingerprint density at radius 1 is 0.690 bits per heavy atom. The highest BCUT2D eigenvalue weighted by molar-refractivity contribution is 7.07. The molecule has 4 nitrogen and oxygen atoms in total. The summed E-state index contributed by atoms with van der Waals surface area (Å²) in [7, 11) is 0. The van der Waals surface area contributed by atoms with Gasteiger partial charge in [-0.15, -0.1) is 16.4 Å². The molecule has 1 aliphatic heterocycles. The molecule has 7 heteroatoms. The summed E-state index contributed by atoms with van der Waals surface area (Å²) in [5.41, 5.74) is 5.90. The van der Waals surface area contributed by atoms with Crippen molar-refractivity contribution in [2.45, 2.75) is 31.3 Å². The normalized spacial score (nSPS) is 23.3. The van der Waals surface area contributed by atoms with Crippen LogP contribution in [0.3, 0.4) is 0 Å². The van der Waals surface area contributed by atoms with Crippen molar-refractivity contribution in [3.8, 4) is 16.9 Å². The van der Waals surface area contributed by atoms with Gasteiger partial charge in [-0.1, -0.05) is 79.2 Å². The SMILES string of the molecule is Fc1cccc([C@H]2N[C@@H](c3cccc(F)c3)C3CCCC2C3=N/N=c2\scc(-c3ccccc3)n2-c2ccccc2)c1. The van der Waals surface area contributed by atoms with Crippen molar-refractivity contribution in [2.24, 2.45) is 22.0 Å². The fraction of sp³-hybridized carbons (Fsp3) is 0.200. The van der Waals surface area contributed by atoms with Gasteiger partial charge in [-0.2, -0.15) is 5.10 Å². The predicted molar refractivity (Wildman–Crippen MR) is 164 cm³/mol. The van der Waals surface area contributed by atoms with E-state index in [9.17, 15) is 8.78 Å². The highest BCUT2D eigenvalue weighted by Crippen LogP contribution is 2.46. The van der Waals surface area contributed by atoms with E-state index < -0.39 is 0 Å². The lowest BCUT2D eigenvalue weighted by atomic mass is 9.67. The van der Waals surface area contributed by atoms with E-state index in [0.717, 1.165) is 57.8 Å². The summed E-state index contributed by atoms with van der Waals surface area (Å²) in [5, 5.41) is 15.8. The Balaban J connectivity index is 1.38. The van der Waals surface area contributed by atoms with Crippen LogP contribution in [-0.2, 0) is 0 Å². The molecule has 1 N–H and O–H groups in total. The molecule has 0 amide bonds. The molecule has 2 heterocycles. The van der Waals surface area contributed by atoms with Gasteiger partial charge in [0.05, 0.1) is 11.4 Å². The van der Waals surface area contributed by atoms with E-state index in [1.165, 1.54) is 12.1 Å². The number of halogens is 2. The summed E-state index contributed by atoms with van der Waals surface area (Å²) in [4.78, 5) is 0.772. The predicted octanol–water partition coefficient (Wildman–Crippen LogP) is 8.24. The van der Waals surface area contributed by atoms with E-state index in [2.05, 4.69) is 39.5 Å². The minimum Gasteiger partial charge on any atom is -0.302 e. The highest BCUT2D eigenvalue weighted by Gasteiger charge is 2.45. The largest absolute Gasteiger partial charge is 0.302 e. The lowest BCUT2D eigenvalue weighted by Gasteiger charge is -2.47.